The molecule has 1 aromatic heterocycles. The molecule has 3 aromatic rings. The summed E-state index contributed by atoms with van der Waals surface area (Å²) in [6, 6.07) is 16.7. The van der Waals surface area contributed by atoms with Gasteiger partial charge in [-0.2, -0.15) is 13.2 Å². The van der Waals surface area contributed by atoms with Crippen molar-refractivity contribution >= 4 is 17.3 Å². The van der Waals surface area contributed by atoms with E-state index in [9.17, 15) is 18.0 Å². The van der Waals surface area contributed by atoms with Gasteiger partial charge in [0.1, 0.15) is 5.76 Å². The molecule has 1 saturated heterocycles. The predicted molar refractivity (Wildman–Crippen MR) is 117 cm³/mol. The lowest BCUT2D eigenvalue weighted by atomic mass is 10.1. The zero-order valence-corrected chi connectivity index (χ0v) is 17.7. The van der Waals surface area contributed by atoms with Crippen LogP contribution in [0.15, 0.2) is 65.1 Å². The second-order valence-corrected chi connectivity index (χ2v) is 7.84. The van der Waals surface area contributed by atoms with Crippen LogP contribution < -0.4 is 10.2 Å². The van der Waals surface area contributed by atoms with Crippen molar-refractivity contribution in [2.45, 2.75) is 19.6 Å². The Labute approximate surface area is 184 Å². The van der Waals surface area contributed by atoms with Crippen molar-refractivity contribution in [3.8, 4) is 0 Å². The highest BCUT2D eigenvalue weighted by Gasteiger charge is 2.32. The fraction of sp³-hybridized carbons (Fsp3) is 0.292. The molecule has 0 atom stereocenters. The molecule has 0 unspecified atom stereocenters. The molecule has 8 heteroatoms. The average molecular weight is 443 g/mol. The third kappa shape index (κ3) is 5.13. The van der Waals surface area contributed by atoms with Crippen molar-refractivity contribution in [2.24, 2.45) is 0 Å². The SMILES string of the molecule is Cc1ccc(C(=O)Nc2cc(C(F)(F)F)ccc2N2CCN(Cc3ccccc3)CC2)o1. The highest BCUT2D eigenvalue weighted by molar-refractivity contribution is 6.04. The number of aryl methyl sites for hydroxylation is 1. The fourth-order valence-corrected chi connectivity index (χ4v) is 3.82. The summed E-state index contributed by atoms with van der Waals surface area (Å²) in [7, 11) is 0. The van der Waals surface area contributed by atoms with Crippen molar-refractivity contribution in [1.82, 2.24) is 4.90 Å². The number of carbonyl (C=O) groups excluding carboxylic acids is 1. The first-order chi connectivity index (χ1) is 15.3. The van der Waals surface area contributed by atoms with Gasteiger partial charge in [-0.1, -0.05) is 30.3 Å². The van der Waals surface area contributed by atoms with Crippen molar-refractivity contribution < 1.29 is 22.4 Å². The number of alkyl halides is 3. The molecule has 1 amide bonds. The van der Waals surface area contributed by atoms with Crippen LogP contribution in [0.25, 0.3) is 0 Å². The van der Waals surface area contributed by atoms with Gasteiger partial charge in [-0.25, -0.2) is 0 Å². The van der Waals surface area contributed by atoms with E-state index < -0.39 is 17.6 Å². The van der Waals surface area contributed by atoms with E-state index in [1.54, 1.807) is 13.0 Å². The van der Waals surface area contributed by atoms with E-state index in [0.29, 0.717) is 24.5 Å². The molecule has 0 aliphatic carbocycles. The summed E-state index contributed by atoms with van der Waals surface area (Å²) in [5.74, 6) is 0.0221. The molecular formula is C24H24F3N3O2. The third-order valence-corrected chi connectivity index (χ3v) is 5.50. The van der Waals surface area contributed by atoms with E-state index in [0.717, 1.165) is 31.8 Å². The maximum atomic E-state index is 13.3. The van der Waals surface area contributed by atoms with E-state index in [1.165, 1.54) is 17.7 Å². The number of nitrogens with one attached hydrogen (secondary N) is 1. The minimum Gasteiger partial charge on any atom is -0.456 e. The first-order valence-electron chi connectivity index (χ1n) is 10.4. The molecule has 1 fully saturated rings. The Morgan fingerprint density at radius 3 is 2.34 bits per heavy atom. The summed E-state index contributed by atoms with van der Waals surface area (Å²) in [4.78, 5) is 16.9. The number of carbonyl (C=O) groups is 1. The third-order valence-electron chi connectivity index (χ3n) is 5.50. The van der Waals surface area contributed by atoms with E-state index in [2.05, 4.69) is 22.3 Å². The topological polar surface area (TPSA) is 48.7 Å². The van der Waals surface area contributed by atoms with Crippen LogP contribution in [0, 0.1) is 6.92 Å². The van der Waals surface area contributed by atoms with Crippen LogP contribution in [0.3, 0.4) is 0 Å². The molecule has 2 aromatic carbocycles. The predicted octanol–water partition coefficient (Wildman–Crippen LogP) is 5.18. The first kappa shape index (κ1) is 22.0. The lowest BCUT2D eigenvalue weighted by molar-refractivity contribution is -0.137. The van der Waals surface area contributed by atoms with Crippen molar-refractivity contribution in [2.75, 3.05) is 36.4 Å². The van der Waals surface area contributed by atoms with Gasteiger partial charge >= 0.3 is 6.18 Å². The minimum atomic E-state index is -4.51. The maximum Gasteiger partial charge on any atom is 0.416 e. The first-order valence-corrected chi connectivity index (χ1v) is 10.4. The number of hydrogen-bond donors (Lipinski definition) is 1. The van der Waals surface area contributed by atoms with E-state index >= 15 is 0 Å². The highest BCUT2D eigenvalue weighted by Crippen LogP contribution is 2.36. The number of halogens is 3. The van der Waals surface area contributed by atoms with Crippen LogP contribution in [0.1, 0.15) is 27.4 Å². The Bertz CT molecular complexity index is 1070. The van der Waals surface area contributed by atoms with Gasteiger partial charge < -0.3 is 14.6 Å². The zero-order valence-electron chi connectivity index (χ0n) is 17.7. The van der Waals surface area contributed by atoms with Crippen LogP contribution in [-0.4, -0.2) is 37.0 Å². The Hall–Kier alpha value is -3.26. The van der Waals surface area contributed by atoms with Crippen molar-refractivity contribution in [3.05, 3.63) is 83.3 Å². The number of nitrogens with zero attached hydrogens (tertiary/aromatic N) is 2. The molecule has 5 nitrogen and oxygen atoms in total. The molecular weight excluding hydrogens is 419 g/mol. The summed E-state index contributed by atoms with van der Waals surface area (Å²) in [5.41, 5.74) is 1.09. The second-order valence-electron chi connectivity index (χ2n) is 7.84. The molecule has 1 aliphatic rings. The smallest absolute Gasteiger partial charge is 0.416 e. The number of hydrogen-bond acceptors (Lipinski definition) is 4. The van der Waals surface area contributed by atoms with E-state index in [4.69, 9.17) is 4.42 Å². The lowest BCUT2D eigenvalue weighted by Crippen LogP contribution is -2.46. The minimum absolute atomic E-state index is 0.0542. The van der Waals surface area contributed by atoms with Crippen LogP contribution >= 0.6 is 0 Å². The van der Waals surface area contributed by atoms with Gasteiger partial charge in [0.05, 0.1) is 16.9 Å². The van der Waals surface area contributed by atoms with E-state index in [-0.39, 0.29) is 11.4 Å². The molecule has 0 radical (unpaired) electrons. The summed E-state index contributed by atoms with van der Waals surface area (Å²) in [6.07, 6.45) is -4.51. The highest BCUT2D eigenvalue weighted by atomic mass is 19.4. The van der Waals surface area contributed by atoms with Gasteiger partial charge in [0.2, 0.25) is 0 Å². The molecule has 1 N–H and O–H groups in total. The number of rotatable bonds is 5. The molecule has 32 heavy (non-hydrogen) atoms. The largest absolute Gasteiger partial charge is 0.456 e. The molecule has 2 heterocycles. The number of benzene rings is 2. The van der Waals surface area contributed by atoms with Crippen LogP contribution in [0.4, 0.5) is 24.5 Å². The van der Waals surface area contributed by atoms with Crippen LogP contribution in [0.2, 0.25) is 0 Å². The standard InChI is InChI=1S/C24H24F3N3O2/c1-17-7-10-22(32-17)23(31)28-20-15-19(24(25,26)27)8-9-21(20)30-13-11-29(12-14-30)16-18-5-3-2-4-6-18/h2-10,15H,11-14,16H2,1H3,(H,28,31). The molecule has 0 bridgehead atoms. The van der Waals surface area contributed by atoms with E-state index in [1.807, 2.05) is 23.1 Å². The van der Waals surface area contributed by atoms with Gasteiger partial charge in [0.15, 0.2) is 5.76 Å². The van der Waals surface area contributed by atoms with Crippen LogP contribution in [-0.2, 0) is 12.7 Å². The number of amides is 1. The zero-order chi connectivity index (χ0) is 22.7. The Morgan fingerprint density at radius 1 is 1.00 bits per heavy atom. The number of furan rings is 1. The maximum absolute atomic E-state index is 13.3. The second kappa shape index (κ2) is 9.08. The van der Waals surface area contributed by atoms with Gasteiger partial charge in [-0.15, -0.1) is 0 Å². The quantitative estimate of drug-likeness (QED) is 0.590. The number of piperazine rings is 1. The molecule has 4 rings (SSSR count). The summed E-state index contributed by atoms with van der Waals surface area (Å²) < 4.78 is 45.3. The average Bonchev–Trinajstić information content (AvgIpc) is 3.21. The summed E-state index contributed by atoms with van der Waals surface area (Å²) in [5, 5.41) is 2.61. The number of anilines is 2. The van der Waals surface area contributed by atoms with Crippen molar-refractivity contribution in [3.63, 3.8) is 0 Å². The summed E-state index contributed by atoms with van der Waals surface area (Å²) >= 11 is 0. The van der Waals surface area contributed by atoms with Gasteiger partial charge in [-0.05, 0) is 42.8 Å². The fourth-order valence-electron chi connectivity index (χ4n) is 3.82. The Morgan fingerprint density at radius 2 is 1.72 bits per heavy atom. The van der Waals surface area contributed by atoms with Gasteiger partial charge in [0, 0.05) is 32.7 Å². The molecule has 168 valence electrons. The monoisotopic (exact) mass is 443 g/mol. The van der Waals surface area contributed by atoms with Gasteiger partial charge in [-0.3, -0.25) is 9.69 Å². The molecule has 0 saturated carbocycles. The normalized spacial score (nSPS) is 15.1. The molecule has 1 aliphatic heterocycles. The van der Waals surface area contributed by atoms with Gasteiger partial charge in [0.25, 0.3) is 5.91 Å². The molecule has 0 spiro atoms. The Balaban J connectivity index is 1.52. The lowest BCUT2D eigenvalue weighted by Gasteiger charge is -2.37. The summed E-state index contributed by atoms with van der Waals surface area (Å²) in [6.45, 7) is 5.33. The van der Waals surface area contributed by atoms with Crippen LogP contribution in [0.5, 0.6) is 0 Å². The Kier molecular flexibility index (Phi) is 6.23. The van der Waals surface area contributed by atoms with Crippen molar-refractivity contribution in [1.29, 1.82) is 0 Å².